The van der Waals surface area contributed by atoms with Gasteiger partial charge in [-0.2, -0.15) is 0 Å². The smallest absolute Gasteiger partial charge is 0.261 e. The summed E-state index contributed by atoms with van der Waals surface area (Å²) < 4.78 is 1.61. The molecular formula is C21H19N3O2. The molecule has 3 aromatic rings. The molecule has 2 aromatic carbocycles. The fourth-order valence-electron chi connectivity index (χ4n) is 3.43. The normalized spacial score (nSPS) is 15.1. The Balaban J connectivity index is 1.99. The van der Waals surface area contributed by atoms with Crippen molar-refractivity contribution in [3.05, 3.63) is 69.8 Å². The first kappa shape index (κ1) is 16.3. The Labute approximate surface area is 151 Å². The van der Waals surface area contributed by atoms with Gasteiger partial charge in [-0.1, -0.05) is 23.8 Å². The quantitative estimate of drug-likeness (QED) is 0.670. The van der Waals surface area contributed by atoms with Crippen LogP contribution in [0.3, 0.4) is 0 Å². The number of amides is 1. The fraction of sp³-hybridized carbons (Fsp3) is 0.190. The molecule has 0 aliphatic carbocycles. The van der Waals surface area contributed by atoms with Gasteiger partial charge < -0.3 is 4.90 Å². The first-order valence-corrected chi connectivity index (χ1v) is 8.61. The van der Waals surface area contributed by atoms with Crippen molar-refractivity contribution < 1.29 is 4.79 Å². The zero-order valence-corrected chi connectivity index (χ0v) is 15.0. The van der Waals surface area contributed by atoms with Gasteiger partial charge in [-0.25, -0.2) is 4.98 Å². The van der Waals surface area contributed by atoms with Gasteiger partial charge in [0.1, 0.15) is 5.82 Å². The molecule has 1 aliphatic heterocycles. The van der Waals surface area contributed by atoms with E-state index in [1.165, 1.54) is 0 Å². The number of anilines is 1. The van der Waals surface area contributed by atoms with Gasteiger partial charge in [0.25, 0.3) is 11.5 Å². The molecule has 0 unspecified atom stereocenters. The molecule has 5 nitrogen and oxygen atoms in total. The predicted octanol–water partition coefficient (Wildman–Crippen LogP) is 3.24. The minimum absolute atomic E-state index is 0.0874. The zero-order valence-electron chi connectivity index (χ0n) is 15.0. The van der Waals surface area contributed by atoms with Crippen LogP contribution in [0.5, 0.6) is 0 Å². The summed E-state index contributed by atoms with van der Waals surface area (Å²) in [6.45, 7) is 4.39. The van der Waals surface area contributed by atoms with Crippen LogP contribution in [-0.4, -0.2) is 22.5 Å². The lowest BCUT2D eigenvalue weighted by Gasteiger charge is -2.10. The van der Waals surface area contributed by atoms with Crippen LogP contribution in [0, 0.1) is 6.92 Å². The van der Waals surface area contributed by atoms with Crippen LogP contribution in [0.1, 0.15) is 23.9 Å². The molecule has 0 saturated carbocycles. The number of aryl methyl sites for hydroxylation is 1. The van der Waals surface area contributed by atoms with E-state index in [0.717, 1.165) is 16.8 Å². The van der Waals surface area contributed by atoms with Crippen molar-refractivity contribution in [3.63, 3.8) is 0 Å². The highest BCUT2D eigenvalue weighted by Gasteiger charge is 2.30. The number of para-hydroxylation sites is 1. The van der Waals surface area contributed by atoms with E-state index in [-0.39, 0.29) is 11.5 Å². The molecular weight excluding hydrogens is 326 g/mol. The van der Waals surface area contributed by atoms with E-state index < -0.39 is 0 Å². The molecule has 0 radical (unpaired) electrons. The number of fused-ring (bicyclic) bond motifs is 2. The fourth-order valence-corrected chi connectivity index (χ4v) is 3.43. The van der Waals surface area contributed by atoms with Crippen molar-refractivity contribution in [2.45, 2.75) is 20.4 Å². The molecule has 0 N–H and O–H groups in total. The summed E-state index contributed by atoms with van der Waals surface area (Å²) in [6.07, 6.45) is 1.74. The largest absolute Gasteiger partial charge is 0.311 e. The average molecular weight is 345 g/mol. The van der Waals surface area contributed by atoms with Gasteiger partial charge in [0.2, 0.25) is 0 Å². The predicted molar refractivity (Wildman–Crippen MR) is 104 cm³/mol. The zero-order chi connectivity index (χ0) is 18.4. The lowest BCUT2D eigenvalue weighted by Crippen LogP contribution is -2.24. The summed E-state index contributed by atoms with van der Waals surface area (Å²) in [6, 6.07) is 13.2. The second kappa shape index (κ2) is 5.95. The third-order valence-corrected chi connectivity index (χ3v) is 4.82. The summed E-state index contributed by atoms with van der Waals surface area (Å²) >= 11 is 0. The molecule has 1 amide bonds. The Morgan fingerprint density at radius 3 is 2.65 bits per heavy atom. The van der Waals surface area contributed by atoms with Crippen molar-refractivity contribution in [1.29, 1.82) is 0 Å². The molecule has 26 heavy (non-hydrogen) atoms. The van der Waals surface area contributed by atoms with Gasteiger partial charge in [-0.3, -0.25) is 14.2 Å². The highest BCUT2D eigenvalue weighted by Crippen LogP contribution is 2.37. The van der Waals surface area contributed by atoms with Gasteiger partial charge in [0.15, 0.2) is 0 Å². The SMILES string of the molecule is CCn1c(C=C2C(=O)N(C)c3ccc(C)cc32)nc2ccccc2c1=O. The van der Waals surface area contributed by atoms with Crippen molar-refractivity contribution >= 4 is 34.1 Å². The maximum Gasteiger partial charge on any atom is 0.261 e. The third-order valence-electron chi connectivity index (χ3n) is 4.82. The van der Waals surface area contributed by atoms with Crippen LogP contribution in [0.2, 0.25) is 0 Å². The molecule has 0 spiro atoms. The maximum absolute atomic E-state index is 12.8. The first-order valence-electron chi connectivity index (χ1n) is 8.61. The summed E-state index contributed by atoms with van der Waals surface area (Å²) in [5.41, 5.74) is 3.94. The van der Waals surface area contributed by atoms with Crippen molar-refractivity contribution in [3.8, 4) is 0 Å². The minimum Gasteiger partial charge on any atom is -0.311 e. The van der Waals surface area contributed by atoms with Crippen LogP contribution in [0.15, 0.2) is 47.3 Å². The topological polar surface area (TPSA) is 55.2 Å². The number of carbonyl (C=O) groups is 1. The number of hydrogen-bond donors (Lipinski definition) is 0. The van der Waals surface area contributed by atoms with E-state index >= 15 is 0 Å². The lowest BCUT2D eigenvalue weighted by atomic mass is 10.0. The van der Waals surface area contributed by atoms with E-state index in [9.17, 15) is 9.59 Å². The second-order valence-electron chi connectivity index (χ2n) is 6.48. The number of rotatable bonds is 2. The Bertz CT molecular complexity index is 1140. The van der Waals surface area contributed by atoms with Gasteiger partial charge >= 0.3 is 0 Å². The van der Waals surface area contributed by atoms with E-state index in [0.29, 0.717) is 28.8 Å². The van der Waals surface area contributed by atoms with E-state index in [1.54, 1.807) is 28.7 Å². The Hall–Kier alpha value is -3.21. The number of likely N-dealkylation sites (N-methyl/N-ethyl adjacent to an activating group) is 1. The van der Waals surface area contributed by atoms with Crippen LogP contribution >= 0.6 is 0 Å². The van der Waals surface area contributed by atoms with Crippen LogP contribution < -0.4 is 10.5 Å². The number of carbonyl (C=O) groups excluding carboxylic acids is 1. The molecule has 130 valence electrons. The van der Waals surface area contributed by atoms with Crippen molar-refractivity contribution in [2.24, 2.45) is 0 Å². The highest BCUT2D eigenvalue weighted by molar-refractivity contribution is 6.35. The van der Waals surface area contributed by atoms with Gasteiger partial charge in [-0.15, -0.1) is 0 Å². The van der Waals surface area contributed by atoms with Crippen LogP contribution in [0.4, 0.5) is 5.69 Å². The Kier molecular flexibility index (Phi) is 3.72. The minimum atomic E-state index is -0.0896. The molecule has 0 fully saturated rings. The standard InChI is InChI=1S/C21H19N3O2/c1-4-24-19(22-17-8-6-5-7-14(17)21(24)26)12-16-15-11-13(2)9-10-18(15)23(3)20(16)25/h5-12H,4H2,1-3H3. The van der Waals surface area contributed by atoms with Crippen LogP contribution in [0.25, 0.3) is 22.6 Å². The van der Waals surface area contributed by atoms with E-state index in [4.69, 9.17) is 0 Å². The number of nitrogens with zero attached hydrogens (tertiary/aromatic N) is 3. The highest BCUT2D eigenvalue weighted by atomic mass is 16.2. The van der Waals surface area contributed by atoms with E-state index in [1.807, 2.05) is 50.2 Å². The lowest BCUT2D eigenvalue weighted by molar-refractivity contribution is -0.112. The average Bonchev–Trinajstić information content (AvgIpc) is 2.86. The summed E-state index contributed by atoms with van der Waals surface area (Å²) in [5.74, 6) is 0.415. The Morgan fingerprint density at radius 1 is 1.12 bits per heavy atom. The van der Waals surface area contributed by atoms with Gasteiger partial charge in [0.05, 0.1) is 22.2 Å². The maximum atomic E-state index is 12.8. The van der Waals surface area contributed by atoms with Crippen LogP contribution in [-0.2, 0) is 11.3 Å². The summed E-state index contributed by atoms with van der Waals surface area (Å²) in [7, 11) is 1.76. The van der Waals surface area contributed by atoms with E-state index in [2.05, 4.69) is 4.98 Å². The second-order valence-corrected chi connectivity index (χ2v) is 6.48. The number of benzene rings is 2. The summed E-state index contributed by atoms with van der Waals surface area (Å²) in [5, 5.41) is 0.586. The molecule has 5 heteroatoms. The molecule has 1 aromatic heterocycles. The van der Waals surface area contributed by atoms with Gasteiger partial charge in [-0.05, 0) is 44.2 Å². The molecule has 0 bridgehead atoms. The molecule has 4 rings (SSSR count). The molecule has 2 heterocycles. The van der Waals surface area contributed by atoms with Crippen molar-refractivity contribution in [2.75, 3.05) is 11.9 Å². The molecule has 1 aliphatic rings. The third kappa shape index (κ3) is 2.36. The number of hydrogen-bond acceptors (Lipinski definition) is 3. The molecule has 0 atom stereocenters. The molecule has 0 saturated heterocycles. The first-order chi connectivity index (χ1) is 12.5. The monoisotopic (exact) mass is 345 g/mol. The Morgan fingerprint density at radius 2 is 1.88 bits per heavy atom. The number of aromatic nitrogens is 2. The van der Waals surface area contributed by atoms with Gasteiger partial charge in [0, 0.05) is 19.2 Å². The van der Waals surface area contributed by atoms with Crippen molar-refractivity contribution in [1.82, 2.24) is 9.55 Å². The summed E-state index contributed by atoms with van der Waals surface area (Å²) in [4.78, 5) is 31.8.